The van der Waals surface area contributed by atoms with Gasteiger partial charge in [-0.25, -0.2) is 0 Å². The van der Waals surface area contributed by atoms with Crippen molar-refractivity contribution in [3.05, 3.63) is 59.1 Å². The Morgan fingerprint density at radius 1 is 1.00 bits per heavy atom. The first-order valence-corrected chi connectivity index (χ1v) is 7.98. The van der Waals surface area contributed by atoms with Crippen molar-refractivity contribution >= 4 is 43.8 Å². The number of carbonyl (C=O) groups excluding carboxylic acids is 1. The van der Waals surface area contributed by atoms with Crippen LogP contribution in [0.1, 0.15) is 11.7 Å². The molecule has 0 radical (unpaired) electrons. The fourth-order valence-corrected chi connectivity index (χ4v) is 3.10. The van der Waals surface area contributed by atoms with E-state index in [1.165, 1.54) is 6.92 Å². The van der Waals surface area contributed by atoms with E-state index in [4.69, 9.17) is 0 Å². The molecule has 0 amide bonds. The lowest BCUT2D eigenvalue weighted by Crippen LogP contribution is -2.06. The van der Waals surface area contributed by atoms with Crippen LogP contribution < -0.4 is 0 Å². The number of hydrogen-bond acceptors (Lipinski definition) is 3. The fraction of sp³-hybridized carbons (Fsp3) is 0.0556. The van der Waals surface area contributed by atoms with Gasteiger partial charge in [-0.05, 0) is 24.3 Å². The van der Waals surface area contributed by atoms with Gasteiger partial charge in [0.1, 0.15) is 0 Å². The van der Waals surface area contributed by atoms with E-state index in [2.05, 4.69) is 26.1 Å². The number of benzene rings is 2. The van der Waals surface area contributed by atoms with E-state index >= 15 is 0 Å². The monoisotopic (exact) mass is 365 g/mol. The molecule has 4 nitrogen and oxygen atoms in total. The van der Waals surface area contributed by atoms with Gasteiger partial charge in [0.25, 0.3) is 0 Å². The molecular weight excluding hydrogens is 354 g/mol. The Labute approximate surface area is 140 Å². The second kappa shape index (κ2) is 5.28. The average Bonchev–Trinajstić information content (AvgIpc) is 2.89. The molecule has 4 rings (SSSR count). The number of halogens is 1. The van der Waals surface area contributed by atoms with E-state index in [9.17, 15) is 4.79 Å². The minimum atomic E-state index is -0.0677. The maximum atomic E-state index is 12.0. The summed E-state index contributed by atoms with van der Waals surface area (Å²) < 4.78 is 2.63. The van der Waals surface area contributed by atoms with Crippen LogP contribution in [0.25, 0.3) is 33.2 Å². The average molecular weight is 366 g/mol. The van der Waals surface area contributed by atoms with Gasteiger partial charge in [0, 0.05) is 27.7 Å². The highest BCUT2D eigenvalue weighted by molar-refractivity contribution is 9.10. The molecule has 5 heteroatoms. The molecule has 112 valence electrons. The maximum absolute atomic E-state index is 12.0. The molecule has 2 aromatic heterocycles. The highest BCUT2D eigenvalue weighted by Crippen LogP contribution is 2.30. The lowest BCUT2D eigenvalue weighted by molar-refractivity contribution is 0.0945. The summed E-state index contributed by atoms with van der Waals surface area (Å²) in [6, 6.07) is 17.7. The highest BCUT2D eigenvalue weighted by Gasteiger charge is 2.15. The number of fused-ring (bicyclic) bond motifs is 3. The Bertz CT molecular complexity index is 1050. The van der Waals surface area contributed by atoms with Gasteiger partial charge in [-0.3, -0.25) is 9.36 Å². The zero-order chi connectivity index (χ0) is 16.0. The van der Waals surface area contributed by atoms with Crippen LogP contribution in [0.4, 0.5) is 0 Å². The molecule has 0 spiro atoms. The molecule has 23 heavy (non-hydrogen) atoms. The number of aromatic nitrogens is 3. The van der Waals surface area contributed by atoms with Gasteiger partial charge >= 0.3 is 0 Å². The summed E-state index contributed by atoms with van der Waals surface area (Å²) in [6.45, 7) is 1.54. The Balaban J connectivity index is 2.04. The predicted molar refractivity (Wildman–Crippen MR) is 94.5 cm³/mol. The largest absolute Gasteiger partial charge is 0.274 e. The molecule has 0 atom stereocenters. The van der Waals surface area contributed by atoms with Crippen molar-refractivity contribution in [1.82, 2.24) is 14.8 Å². The molecule has 0 saturated heterocycles. The quantitative estimate of drug-likeness (QED) is 0.492. The predicted octanol–water partition coefficient (Wildman–Crippen LogP) is 4.67. The minimum Gasteiger partial charge on any atom is -0.274 e. The summed E-state index contributed by atoms with van der Waals surface area (Å²) in [5, 5.41) is 10.6. The van der Waals surface area contributed by atoms with Crippen LogP contribution in [-0.2, 0) is 0 Å². The topological polar surface area (TPSA) is 47.8 Å². The molecule has 0 N–H and O–H groups in total. The van der Waals surface area contributed by atoms with Crippen molar-refractivity contribution in [2.45, 2.75) is 6.92 Å². The Morgan fingerprint density at radius 3 is 2.48 bits per heavy atom. The third-order valence-electron chi connectivity index (χ3n) is 3.88. The second-order valence-corrected chi connectivity index (χ2v) is 6.26. The van der Waals surface area contributed by atoms with Gasteiger partial charge in [-0.1, -0.05) is 46.3 Å². The van der Waals surface area contributed by atoms with Crippen molar-refractivity contribution in [1.29, 1.82) is 0 Å². The van der Waals surface area contributed by atoms with Gasteiger partial charge < -0.3 is 0 Å². The molecule has 0 aliphatic heterocycles. The fourth-order valence-electron chi connectivity index (χ4n) is 2.84. The van der Waals surface area contributed by atoms with Crippen molar-refractivity contribution < 1.29 is 4.79 Å². The zero-order valence-electron chi connectivity index (χ0n) is 12.3. The van der Waals surface area contributed by atoms with Crippen LogP contribution in [0.15, 0.2) is 59.1 Å². The molecule has 0 fully saturated rings. The van der Waals surface area contributed by atoms with Gasteiger partial charge in [0.2, 0.25) is 5.91 Å². The van der Waals surface area contributed by atoms with Gasteiger partial charge in [-0.15, -0.1) is 10.2 Å². The van der Waals surface area contributed by atoms with E-state index in [1.807, 2.05) is 54.6 Å². The van der Waals surface area contributed by atoms with Crippen molar-refractivity contribution in [2.24, 2.45) is 0 Å². The molecule has 0 unspecified atom stereocenters. The van der Waals surface area contributed by atoms with E-state index < -0.39 is 0 Å². The van der Waals surface area contributed by atoms with Crippen molar-refractivity contribution in [2.75, 3.05) is 0 Å². The number of nitrogens with zero attached hydrogens (tertiary/aromatic N) is 3. The van der Waals surface area contributed by atoms with E-state index in [1.54, 1.807) is 4.57 Å². The standard InChI is InChI=1S/C18H12BrN3O/c1-11(23)22-17-5-3-2-4-14(17)15-10-16(20-21-18(15)22)12-6-8-13(19)9-7-12/h2-10H,1H3. The van der Waals surface area contributed by atoms with Crippen molar-refractivity contribution in [3.8, 4) is 11.3 Å². The van der Waals surface area contributed by atoms with Crippen LogP contribution in [0.5, 0.6) is 0 Å². The van der Waals surface area contributed by atoms with E-state index in [0.717, 1.165) is 32.0 Å². The summed E-state index contributed by atoms with van der Waals surface area (Å²) in [7, 11) is 0. The maximum Gasteiger partial charge on any atom is 0.229 e. The lowest BCUT2D eigenvalue weighted by Gasteiger charge is -2.02. The molecule has 0 saturated carbocycles. The van der Waals surface area contributed by atoms with Crippen LogP contribution in [0.3, 0.4) is 0 Å². The molecule has 2 heterocycles. The van der Waals surface area contributed by atoms with E-state index in [-0.39, 0.29) is 5.91 Å². The Hall–Kier alpha value is -2.53. The second-order valence-electron chi connectivity index (χ2n) is 5.35. The van der Waals surface area contributed by atoms with Crippen molar-refractivity contribution in [3.63, 3.8) is 0 Å². The number of hydrogen-bond donors (Lipinski definition) is 0. The van der Waals surface area contributed by atoms with Crippen LogP contribution in [0, 0.1) is 0 Å². The zero-order valence-corrected chi connectivity index (χ0v) is 13.9. The molecular formula is C18H12BrN3O. The summed E-state index contributed by atoms with van der Waals surface area (Å²) >= 11 is 3.43. The van der Waals surface area contributed by atoms with Crippen LogP contribution in [-0.4, -0.2) is 20.7 Å². The SMILES string of the molecule is CC(=O)n1c2ccccc2c2cc(-c3ccc(Br)cc3)nnc21. The Morgan fingerprint density at radius 2 is 1.74 bits per heavy atom. The van der Waals surface area contributed by atoms with E-state index in [0.29, 0.717) is 5.65 Å². The first-order chi connectivity index (χ1) is 11.1. The van der Waals surface area contributed by atoms with Crippen LogP contribution >= 0.6 is 15.9 Å². The third-order valence-corrected chi connectivity index (χ3v) is 4.40. The van der Waals surface area contributed by atoms with Crippen LogP contribution in [0.2, 0.25) is 0 Å². The lowest BCUT2D eigenvalue weighted by atomic mass is 10.1. The summed E-state index contributed by atoms with van der Waals surface area (Å²) in [5.74, 6) is -0.0677. The molecule has 0 aliphatic rings. The van der Waals surface area contributed by atoms with Gasteiger partial charge in [0.05, 0.1) is 11.2 Å². The molecule has 0 aliphatic carbocycles. The van der Waals surface area contributed by atoms with Gasteiger partial charge in [-0.2, -0.15) is 0 Å². The normalized spacial score (nSPS) is 11.2. The summed E-state index contributed by atoms with van der Waals surface area (Å²) in [6.07, 6.45) is 0. The summed E-state index contributed by atoms with van der Waals surface area (Å²) in [5.41, 5.74) is 3.23. The molecule has 2 aromatic carbocycles. The Kier molecular flexibility index (Phi) is 3.23. The van der Waals surface area contributed by atoms with Gasteiger partial charge in [0.15, 0.2) is 5.65 Å². The summed E-state index contributed by atoms with van der Waals surface area (Å²) in [4.78, 5) is 12.0. The minimum absolute atomic E-state index is 0.0677. The third kappa shape index (κ3) is 2.24. The first kappa shape index (κ1) is 14.1. The molecule has 0 bridgehead atoms. The number of para-hydroxylation sites is 1. The first-order valence-electron chi connectivity index (χ1n) is 7.19. The smallest absolute Gasteiger partial charge is 0.229 e. The number of carbonyl (C=O) groups is 1. The number of rotatable bonds is 1. The highest BCUT2D eigenvalue weighted by atomic mass is 79.9. The molecule has 4 aromatic rings.